The number of anilines is 1. The van der Waals surface area contributed by atoms with Crippen molar-refractivity contribution in [3.63, 3.8) is 0 Å². The van der Waals surface area contributed by atoms with Crippen LogP contribution in [0.25, 0.3) is 0 Å². The summed E-state index contributed by atoms with van der Waals surface area (Å²) < 4.78 is 0. The molecule has 0 fully saturated rings. The molecule has 0 unspecified atom stereocenters. The molecule has 0 bridgehead atoms. The summed E-state index contributed by atoms with van der Waals surface area (Å²) in [6.07, 6.45) is 3.27. The number of hydrogen-bond donors (Lipinski definition) is 3. The molecule has 0 aliphatic carbocycles. The smallest absolute Gasteiger partial charge is 0.251 e. The highest BCUT2D eigenvalue weighted by atomic mass is 16.2. The Morgan fingerprint density at radius 1 is 1.19 bits per heavy atom. The summed E-state index contributed by atoms with van der Waals surface area (Å²) in [6.45, 7) is 5.03. The van der Waals surface area contributed by atoms with E-state index in [1.807, 2.05) is 13.8 Å². The highest BCUT2D eigenvalue weighted by Gasteiger charge is 2.08. The fourth-order valence-electron chi connectivity index (χ4n) is 2.03. The van der Waals surface area contributed by atoms with Gasteiger partial charge >= 0.3 is 0 Å². The zero-order valence-corrected chi connectivity index (χ0v) is 12.9. The average molecular weight is 291 g/mol. The van der Waals surface area contributed by atoms with Crippen LogP contribution in [0, 0.1) is 6.92 Å². The van der Waals surface area contributed by atoms with Gasteiger partial charge in [-0.05, 0) is 57.0 Å². The zero-order chi connectivity index (χ0) is 15.7. The molecule has 0 heterocycles. The quantitative estimate of drug-likeness (QED) is 0.642. The molecule has 5 heteroatoms. The number of nitrogens with two attached hydrogens (primary N) is 1. The van der Waals surface area contributed by atoms with E-state index in [0.29, 0.717) is 25.1 Å². The topological polar surface area (TPSA) is 84.2 Å². The number of amides is 2. The van der Waals surface area contributed by atoms with Crippen LogP contribution in [0.3, 0.4) is 0 Å². The van der Waals surface area contributed by atoms with E-state index in [1.54, 1.807) is 18.2 Å². The Kier molecular flexibility index (Phi) is 7.46. The maximum absolute atomic E-state index is 11.8. The van der Waals surface area contributed by atoms with Gasteiger partial charge in [0.1, 0.15) is 0 Å². The van der Waals surface area contributed by atoms with Crippen LogP contribution in [-0.4, -0.2) is 24.9 Å². The number of carbonyl (C=O) groups is 2. The first-order valence-corrected chi connectivity index (χ1v) is 7.47. The number of aryl methyl sites for hydroxylation is 1. The third-order valence-electron chi connectivity index (χ3n) is 3.21. The highest BCUT2D eigenvalue weighted by molar-refractivity contribution is 5.96. The normalized spacial score (nSPS) is 10.2. The summed E-state index contributed by atoms with van der Waals surface area (Å²) in [4.78, 5) is 23.6. The molecule has 0 aromatic heterocycles. The summed E-state index contributed by atoms with van der Waals surface area (Å²) in [5.74, 6) is -0.0962. The molecule has 116 valence electrons. The van der Waals surface area contributed by atoms with Crippen molar-refractivity contribution >= 4 is 17.5 Å². The van der Waals surface area contributed by atoms with Crippen LogP contribution in [0.15, 0.2) is 18.2 Å². The minimum absolute atomic E-state index is 0.000816. The number of carbonyl (C=O) groups excluding carboxylic acids is 2. The molecular formula is C16H25N3O2. The van der Waals surface area contributed by atoms with Crippen LogP contribution in [0.4, 0.5) is 5.69 Å². The van der Waals surface area contributed by atoms with Gasteiger partial charge in [0.2, 0.25) is 5.91 Å². The lowest BCUT2D eigenvalue weighted by molar-refractivity contribution is -0.116. The Morgan fingerprint density at radius 2 is 1.95 bits per heavy atom. The molecule has 1 aromatic carbocycles. The Morgan fingerprint density at radius 3 is 2.57 bits per heavy atom. The van der Waals surface area contributed by atoms with E-state index >= 15 is 0 Å². The molecule has 0 aliphatic heterocycles. The molecular weight excluding hydrogens is 266 g/mol. The SMILES string of the molecule is CCNC(=O)c1ccc(NC(=O)CCCCCN)c(C)c1. The third-order valence-corrected chi connectivity index (χ3v) is 3.21. The number of hydrogen-bond acceptors (Lipinski definition) is 3. The Hall–Kier alpha value is -1.88. The molecule has 1 aromatic rings. The highest BCUT2D eigenvalue weighted by Crippen LogP contribution is 2.17. The van der Waals surface area contributed by atoms with Gasteiger partial charge in [0.25, 0.3) is 5.91 Å². The number of nitrogens with one attached hydrogen (secondary N) is 2. The summed E-state index contributed by atoms with van der Waals surface area (Å²) in [6, 6.07) is 5.29. The fourth-order valence-corrected chi connectivity index (χ4v) is 2.03. The second kappa shape index (κ2) is 9.13. The van der Waals surface area contributed by atoms with Crippen molar-refractivity contribution < 1.29 is 9.59 Å². The van der Waals surface area contributed by atoms with E-state index in [0.717, 1.165) is 30.5 Å². The molecule has 0 atom stereocenters. The second-order valence-electron chi connectivity index (χ2n) is 5.04. The van der Waals surface area contributed by atoms with Gasteiger partial charge in [-0.1, -0.05) is 6.42 Å². The Balaban J connectivity index is 2.56. The second-order valence-corrected chi connectivity index (χ2v) is 5.04. The summed E-state index contributed by atoms with van der Waals surface area (Å²) in [5.41, 5.74) is 7.66. The van der Waals surface area contributed by atoms with E-state index in [4.69, 9.17) is 5.73 Å². The van der Waals surface area contributed by atoms with Gasteiger partial charge in [-0.2, -0.15) is 0 Å². The van der Waals surface area contributed by atoms with Crippen LogP contribution in [0.5, 0.6) is 0 Å². The van der Waals surface area contributed by atoms with Gasteiger partial charge in [0.05, 0.1) is 0 Å². The van der Waals surface area contributed by atoms with Gasteiger partial charge in [-0.25, -0.2) is 0 Å². The molecule has 0 aliphatic rings. The lowest BCUT2D eigenvalue weighted by Gasteiger charge is -2.10. The summed E-state index contributed by atoms with van der Waals surface area (Å²) in [7, 11) is 0. The van der Waals surface area contributed by atoms with Crippen molar-refractivity contribution in [2.45, 2.75) is 39.5 Å². The largest absolute Gasteiger partial charge is 0.352 e. The van der Waals surface area contributed by atoms with E-state index in [2.05, 4.69) is 10.6 Å². The van der Waals surface area contributed by atoms with Crippen LogP contribution < -0.4 is 16.4 Å². The maximum atomic E-state index is 11.8. The van der Waals surface area contributed by atoms with Crippen LogP contribution >= 0.6 is 0 Å². The van der Waals surface area contributed by atoms with Crippen LogP contribution in [0.2, 0.25) is 0 Å². The molecule has 0 saturated carbocycles. The van der Waals surface area contributed by atoms with Crippen LogP contribution in [-0.2, 0) is 4.79 Å². The third kappa shape index (κ3) is 5.95. The predicted octanol–water partition coefficient (Wildman–Crippen LogP) is 2.20. The van der Waals surface area contributed by atoms with Gasteiger partial charge in [0, 0.05) is 24.2 Å². The van der Waals surface area contributed by atoms with Gasteiger partial charge in [-0.3, -0.25) is 9.59 Å². The van der Waals surface area contributed by atoms with E-state index in [-0.39, 0.29) is 11.8 Å². The van der Waals surface area contributed by atoms with Crippen molar-refractivity contribution in [2.75, 3.05) is 18.4 Å². The Labute approximate surface area is 126 Å². The molecule has 1 rings (SSSR count). The van der Waals surface area contributed by atoms with Gasteiger partial charge < -0.3 is 16.4 Å². The first-order chi connectivity index (χ1) is 10.1. The van der Waals surface area contributed by atoms with E-state index in [1.165, 1.54) is 0 Å². The predicted molar refractivity (Wildman–Crippen MR) is 85.3 cm³/mol. The average Bonchev–Trinajstić information content (AvgIpc) is 2.46. The summed E-state index contributed by atoms with van der Waals surface area (Å²) in [5, 5.41) is 5.64. The number of benzene rings is 1. The number of rotatable bonds is 8. The van der Waals surface area contributed by atoms with Crippen LogP contribution in [0.1, 0.15) is 48.5 Å². The van der Waals surface area contributed by atoms with Gasteiger partial charge in [0.15, 0.2) is 0 Å². The molecule has 0 radical (unpaired) electrons. The first kappa shape index (κ1) is 17.2. The molecule has 21 heavy (non-hydrogen) atoms. The maximum Gasteiger partial charge on any atom is 0.251 e. The lowest BCUT2D eigenvalue weighted by Crippen LogP contribution is -2.22. The Bertz CT molecular complexity index is 486. The van der Waals surface area contributed by atoms with E-state index in [9.17, 15) is 9.59 Å². The number of unbranched alkanes of at least 4 members (excludes halogenated alkanes) is 2. The molecule has 5 nitrogen and oxygen atoms in total. The first-order valence-electron chi connectivity index (χ1n) is 7.47. The minimum atomic E-state index is -0.0970. The minimum Gasteiger partial charge on any atom is -0.352 e. The zero-order valence-electron chi connectivity index (χ0n) is 12.9. The summed E-state index contributed by atoms with van der Waals surface area (Å²) >= 11 is 0. The lowest BCUT2D eigenvalue weighted by atomic mass is 10.1. The molecule has 0 spiro atoms. The monoisotopic (exact) mass is 291 g/mol. The standard InChI is InChI=1S/C16H25N3O2/c1-3-18-16(21)13-8-9-14(12(2)11-13)19-15(20)7-5-4-6-10-17/h8-9,11H,3-7,10,17H2,1-2H3,(H,18,21)(H,19,20). The van der Waals surface area contributed by atoms with Crippen molar-refractivity contribution in [3.05, 3.63) is 29.3 Å². The van der Waals surface area contributed by atoms with Crippen molar-refractivity contribution in [2.24, 2.45) is 5.73 Å². The molecule has 0 saturated heterocycles. The van der Waals surface area contributed by atoms with Crippen molar-refractivity contribution in [3.8, 4) is 0 Å². The van der Waals surface area contributed by atoms with Crippen molar-refractivity contribution in [1.82, 2.24) is 5.32 Å². The fraction of sp³-hybridized carbons (Fsp3) is 0.500. The van der Waals surface area contributed by atoms with E-state index < -0.39 is 0 Å². The van der Waals surface area contributed by atoms with Crippen molar-refractivity contribution in [1.29, 1.82) is 0 Å². The molecule has 2 amide bonds. The van der Waals surface area contributed by atoms with Gasteiger partial charge in [-0.15, -0.1) is 0 Å². The molecule has 4 N–H and O–H groups in total.